The maximum atomic E-state index is 9.52. The lowest BCUT2D eigenvalue weighted by molar-refractivity contribution is 0.198. The number of aliphatic hydroxyl groups is 1. The summed E-state index contributed by atoms with van der Waals surface area (Å²) in [6, 6.07) is 9.54. The van der Waals surface area contributed by atoms with Gasteiger partial charge in [0.15, 0.2) is 0 Å². The van der Waals surface area contributed by atoms with Gasteiger partial charge < -0.3 is 9.84 Å². The Balaban J connectivity index is 2.25. The van der Waals surface area contributed by atoms with E-state index in [1.54, 1.807) is 25.3 Å². The minimum Gasteiger partial charge on any atom is -0.439 e. The van der Waals surface area contributed by atoms with E-state index in [2.05, 4.69) is 11.1 Å². The zero-order valence-corrected chi connectivity index (χ0v) is 10.8. The Morgan fingerprint density at radius 2 is 1.78 bits per heavy atom. The highest BCUT2D eigenvalue weighted by molar-refractivity contribution is 5.36. The summed E-state index contributed by atoms with van der Waals surface area (Å²) in [5.41, 5.74) is 3.10. The van der Waals surface area contributed by atoms with Crippen molar-refractivity contribution >= 4 is 0 Å². The molecule has 2 rings (SSSR count). The molecule has 0 aliphatic heterocycles. The second-order valence-electron chi connectivity index (χ2n) is 4.53. The van der Waals surface area contributed by atoms with Gasteiger partial charge in [-0.3, -0.25) is 0 Å². The van der Waals surface area contributed by atoms with Gasteiger partial charge in [0, 0.05) is 12.3 Å². The summed E-state index contributed by atoms with van der Waals surface area (Å²) in [5.74, 6) is 1.26. The van der Waals surface area contributed by atoms with E-state index in [-0.39, 0.29) is 0 Å². The van der Waals surface area contributed by atoms with Crippen LogP contribution in [0.4, 0.5) is 0 Å². The summed E-state index contributed by atoms with van der Waals surface area (Å²) in [6.07, 6.45) is 1.12. The van der Waals surface area contributed by atoms with E-state index in [4.69, 9.17) is 4.74 Å². The fourth-order valence-corrected chi connectivity index (χ4v) is 1.85. The van der Waals surface area contributed by atoms with Gasteiger partial charge in [0.25, 0.3) is 0 Å². The fourth-order valence-electron chi connectivity index (χ4n) is 1.85. The van der Waals surface area contributed by atoms with Gasteiger partial charge in [-0.25, -0.2) is 4.98 Å². The average molecular weight is 243 g/mol. The van der Waals surface area contributed by atoms with Crippen molar-refractivity contribution in [1.29, 1.82) is 0 Å². The smallest absolute Gasteiger partial charge is 0.219 e. The highest BCUT2D eigenvalue weighted by Crippen LogP contribution is 2.24. The number of hydrogen-bond donors (Lipinski definition) is 1. The molecule has 1 aromatic carbocycles. The van der Waals surface area contributed by atoms with Gasteiger partial charge in [0.1, 0.15) is 5.75 Å². The van der Waals surface area contributed by atoms with E-state index in [1.165, 1.54) is 0 Å². The molecule has 0 amide bonds. The topological polar surface area (TPSA) is 42.4 Å². The maximum Gasteiger partial charge on any atom is 0.219 e. The molecular weight excluding hydrogens is 226 g/mol. The van der Waals surface area contributed by atoms with Gasteiger partial charge in [0.2, 0.25) is 5.88 Å². The molecule has 0 saturated heterocycles. The van der Waals surface area contributed by atoms with Crippen molar-refractivity contribution in [2.75, 3.05) is 0 Å². The number of benzene rings is 1. The number of ether oxygens (including phenoxy) is 1. The van der Waals surface area contributed by atoms with Crippen LogP contribution in [0.1, 0.15) is 29.7 Å². The van der Waals surface area contributed by atoms with Crippen LogP contribution in [0.15, 0.2) is 36.5 Å². The monoisotopic (exact) mass is 243 g/mol. The van der Waals surface area contributed by atoms with Crippen LogP contribution in [0, 0.1) is 13.8 Å². The molecule has 0 aliphatic rings. The van der Waals surface area contributed by atoms with E-state index < -0.39 is 6.10 Å². The Labute approximate surface area is 107 Å². The molecule has 3 heteroatoms. The number of hydrogen-bond acceptors (Lipinski definition) is 3. The minimum absolute atomic E-state index is 0.499. The molecule has 1 unspecified atom stereocenters. The van der Waals surface area contributed by atoms with Gasteiger partial charge in [-0.05, 0) is 55.7 Å². The standard InChI is InChI=1S/C15H17NO2/c1-10-6-11(2)8-14(7-10)18-15-9-13(12(3)17)4-5-16-15/h4-9,12,17H,1-3H3. The zero-order chi connectivity index (χ0) is 13.1. The van der Waals surface area contributed by atoms with Crippen LogP contribution in [0.5, 0.6) is 11.6 Å². The van der Waals surface area contributed by atoms with Crippen LogP contribution in [-0.2, 0) is 0 Å². The summed E-state index contributed by atoms with van der Waals surface area (Å²) in [6.45, 7) is 5.77. The van der Waals surface area contributed by atoms with E-state index in [0.717, 1.165) is 22.4 Å². The highest BCUT2D eigenvalue weighted by atomic mass is 16.5. The SMILES string of the molecule is Cc1cc(C)cc(Oc2cc(C(C)O)ccn2)c1. The number of aromatic nitrogens is 1. The first-order valence-electron chi connectivity index (χ1n) is 5.95. The molecule has 3 nitrogen and oxygen atoms in total. The lowest BCUT2D eigenvalue weighted by Crippen LogP contribution is -1.94. The molecule has 1 N–H and O–H groups in total. The first kappa shape index (κ1) is 12.6. The van der Waals surface area contributed by atoms with Crippen LogP contribution in [0.2, 0.25) is 0 Å². The molecule has 94 valence electrons. The van der Waals surface area contributed by atoms with E-state index in [0.29, 0.717) is 5.88 Å². The van der Waals surface area contributed by atoms with Crippen molar-refractivity contribution in [3.63, 3.8) is 0 Å². The third kappa shape index (κ3) is 3.08. The largest absolute Gasteiger partial charge is 0.439 e. The second-order valence-corrected chi connectivity index (χ2v) is 4.53. The summed E-state index contributed by atoms with van der Waals surface area (Å²) in [7, 11) is 0. The van der Waals surface area contributed by atoms with E-state index >= 15 is 0 Å². The number of rotatable bonds is 3. The molecule has 0 spiro atoms. The highest BCUT2D eigenvalue weighted by Gasteiger charge is 2.05. The summed E-state index contributed by atoms with van der Waals surface area (Å²) < 4.78 is 5.71. The maximum absolute atomic E-state index is 9.52. The molecule has 0 radical (unpaired) electrons. The molecule has 0 bridgehead atoms. The quantitative estimate of drug-likeness (QED) is 0.896. The van der Waals surface area contributed by atoms with Gasteiger partial charge in [-0.15, -0.1) is 0 Å². The number of aryl methyl sites for hydroxylation is 2. The summed E-state index contributed by atoms with van der Waals surface area (Å²) >= 11 is 0. The van der Waals surface area contributed by atoms with Crippen molar-refractivity contribution in [1.82, 2.24) is 4.98 Å². The van der Waals surface area contributed by atoms with Crippen LogP contribution < -0.4 is 4.74 Å². The third-order valence-corrected chi connectivity index (χ3v) is 2.66. The van der Waals surface area contributed by atoms with Gasteiger partial charge in [0.05, 0.1) is 6.10 Å². The van der Waals surface area contributed by atoms with Crippen LogP contribution >= 0.6 is 0 Å². The Bertz CT molecular complexity index is 530. The lowest BCUT2D eigenvalue weighted by atomic mass is 10.1. The predicted molar refractivity (Wildman–Crippen MR) is 70.9 cm³/mol. The second kappa shape index (κ2) is 5.19. The lowest BCUT2D eigenvalue weighted by Gasteiger charge is -2.09. The van der Waals surface area contributed by atoms with Gasteiger partial charge in [-0.1, -0.05) is 6.07 Å². The Kier molecular flexibility index (Phi) is 3.63. The molecule has 1 heterocycles. The average Bonchev–Trinajstić information content (AvgIpc) is 2.27. The van der Waals surface area contributed by atoms with E-state index in [9.17, 15) is 5.11 Å². The minimum atomic E-state index is -0.519. The van der Waals surface area contributed by atoms with Crippen molar-refractivity contribution in [2.24, 2.45) is 0 Å². The number of nitrogens with zero attached hydrogens (tertiary/aromatic N) is 1. The Morgan fingerprint density at radius 1 is 1.11 bits per heavy atom. The molecule has 0 aliphatic carbocycles. The number of pyridine rings is 1. The Hall–Kier alpha value is -1.87. The van der Waals surface area contributed by atoms with Gasteiger partial charge in [-0.2, -0.15) is 0 Å². The van der Waals surface area contributed by atoms with Crippen molar-refractivity contribution in [2.45, 2.75) is 26.9 Å². The van der Waals surface area contributed by atoms with Crippen LogP contribution in [0.3, 0.4) is 0 Å². The van der Waals surface area contributed by atoms with Crippen molar-refractivity contribution in [3.8, 4) is 11.6 Å². The molecule has 2 aromatic rings. The molecule has 0 saturated carbocycles. The molecule has 1 atom stereocenters. The molecule has 18 heavy (non-hydrogen) atoms. The predicted octanol–water partition coefficient (Wildman–Crippen LogP) is 3.54. The summed E-state index contributed by atoms with van der Waals surface area (Å²) in [4.78, 5) is 4.14. The first-order valence-corrected chi connectivity index (χ1v) is 5.95. The third-order valence-electron chi connectivity index (χ3n) is 2.66. The van der Waals surface area contributed by atoms with Gasteiger partial charge >= 0.3 is 0 Å². The van der Waals surface area contributed by atoms with Crippen LogP contribution in [0.25, 0.3) is 0 Å². The Morgan fingerprint density at radius 3 is 2.39 bits per heavy atom. The van der Waals surface area contributed by atoms with Crippen LogP contribution in [-0.4, -0.2) is 10.1 Å². The fraction of sp³-hybridized carbons (Fsp3) is 0.267. The molecule has 0 fully saturated rings. The van der Waals surface area contributed by atoms with E-state index in [1.807, 2.05) is 26.0 Å². The van der Waals surface area contributed by atoms with Crippen molar-refractivity contribution < 1.29 is 9.84 Å². The molecular formula is C15H17NO2. The first-order chi connectivity index (χ1) is 8.54. The number of aliphatic hydroxyl groups excluding tert-OH is 1. The van der Waals surface area contributed by atoms with Crippen molar-refractivity contribution in [3.05, 3.63) is 53.2 Å². The normalized spacial score (nSPS) is 12.2. The summed E-state index contributed by atoms with van der Waals surface area (Å²) in [5, 5.41) is 9.52. The molecule has 1 aromatic heterocycles. The zero-order valence-electron chi connectivity index (χ0n) is 10.8.